The van der Waals surface area contributed by atoms with Crippen molar-refractivity contribution >= 4 is 22.8 Å². The lowest BCUT2D eigenvalue weighted by Crippen LogP contribution is -2.12. The molecule has 0 fully saturated rings. The quantitative estimate of drug-likeness (QED) is 0.775. The Bertz CT molecular complexity index is 810. The second-order valence-corrected chi connectivity index (χ2v) is 4.34. The van der Waals surface area contributed by atoms with Crippen molar-refractivity contribution in [3.05, 3.63) is 48.3 Å². The Hall–Kier alpha value is -2.96. The molecule has 0 saturated heterocycles. The molecular formula is C14H11FN4O2. The molecule has 3 rings (SSSR count). The number of benzene rings is 1. The van der Waals surface area contributed by atoms with Crippen LogP contribution in [0.3, 0.4) is 0 Å². The van der Waals surface area contributed by atoms with Gasteiger partial charge in [0.05, 0.1) is 16.9 Å². The molecule has 6 nitrogen and oxygen atoms in total. The first kappa shape index (κ1) is 13.0. The van der Waals surface area contributed by atoms with Gasteiger partial charge in [-0.2, -0.15) is 5.10 Å². The summed E-state index contributed by atoms with van der Waals surface area (Å²) in [6.07, 6.45) is 0.429. The van der Waals surface area contributed by atoms with Gasteiger partial charge in [0, 0.05) is 17.6 Å². The van der Waals surface area contributed by atoms with Crippen molar-refractivity contribution < 1.29 is 14.3 Å². The largest absolute Gasteiger partial charge is 0.465 e. The molecule has 0 saturated carbocycles. The molecule has 1 amide bonds. The smallest absolute Gasteiger partial charge is 0.410 e. The third-order valence-electron chi connectivity index (χ3n) is 2.98. The highest BCUT2D eigenvalue weighted by Gasteiger charge is 2.13. The van der Waals surface area contributed by atoms with Crippen molar-refractivity contribution in [1.29, 1.82) is 0 Å². The molecule has 0 bridgehead atoms. The van der Waals surface area contributed by atoms with Gasteiger partial charge < -0.3 is 5.11 Å². The van der Waals surface area contributed by atoms with E-state index in [1.165, 1.54) is 10.7 Å². The second-order valence-electron chi connectivity index (χ2n) is 4.34. The fourth-order valence-electron chi connectivity index (χ4n) is 2.15. The summed E-state index contributed by atoms with van der Waals surface area (Å²) in [5.74, 6) is 0.187. The third kappa shape index (κ3) is 2.40. The molecule has 0 aliphatic heterocycles. The van der Waals surface area contributed by atoms with E-state index in [-0.39, 0.29) is 11.5 Å². The first-order valence-electron chi connectivity index (χ1n) is 6.18. The number of amides is 1. The Morgan fingerprint density at radius 3 is 2.95 bits per heavy atom. The maximum atomic E-state index is 12.8. The van der Waals surface area contributed by atoms with E-state index in [1.54, 1.807) is 24.4 Å². The van der Waals surface area contributed by atoms with Crippen LogP contribution in [0.2, 0.25) is 0 Å². The van der Waals surface area contributed by atoms with Gasteiger partial charge in [-0.05, 0) is 24.3 Å². The number of alkyl halides is 1. The Morgan fingerprint density at radius 1 is 1.33 bits per heavy atom. The second kappa shape index (κ2) is 5.20. The number of anilines is 1. The van der Waals surface area contributed by atoms with Gasteiger partial charge in [-0.1, -0.05) is 6.07 Å². The first-order valence-corrected chi connectivity index (χ1v) is 6.18. The fourth-order valence-corrected chi connectivity index (χ4v) is 2.15. The number of hydrogen-bond acceptors (Lipinski definition) is 3. The summed E-state index contributed by atoms with van der Waals surface area (Å²) in [6, 6.07) is 10.4. The van der Waals surface area contributed by atoms with Crippen LogP contribution < -0.4 is 5.32 Å². The van der Waals surface area contributed by atoms with Gasteiger partial charge in [0.2, 0.25) is 0 Å². The van der Waals surface area contributed by atoms with Crippen LogP contribution in [0.25, 0.3) is 16.6 Å². The van der Waals surface area contributed by atoms with E-state index in [4.69, 9.17) is 5.11 Å². The molecule has 0 aliphatic carbocycles. The predicted octanol–water partition coefficient (Wildman–Crippen LogP) is 2.98. The van der Waals surface area contributed by atoms with Gasteiger partial charge in [0.15, 0.2) is 0 Å². The topological polar surface area (TPSA) is 80.0 Å². The molecule has 3 aromatic rings. The minimum Gasteiger partial charge on any atom is -0.465 e. The van der Waals surface area contributed by atoms with Gasteiger partial charge in [-0.25, -0.2) is 13.9 Å². The molecule has 0 aliphatic rings. The Kier molecular flexibility index (Phi) is 3.23. The summed E-state index contributed by atoms with van der Waals surface area (Å²) >= 11 is 0. The maximum absolute atomic E-state index is 12.8. The molecule has 2 N–H and O–H groups in total. The fraction of sp³-hybridized carbons (Fsp3) is 0.0714. The predicted molar refractivity (Wildman–Crippen MR) is 75.3 cm³/mol. The molecule has 0 atom stereocenters. The van der Waals surface area contributed by atoms with E-state index >= 15 is 0 Å². The number of nitrogens with one attached hydrogen (secondary N) is 1. The Labute approximate surface area is 118 Å². The number of halogens is 1. The zero-order chi connectivity index (χ0) is 14.8. The maximum Gasteiger partial charge on any atom is 0.410 e. The SMILES string of the molecule is O=C(O)Nc1cc(CF)nn1-c1cccc2ncccc12. The van der Waals surface area contributed by atoms with E-state index in [2.05, 4.69) is 15.4 Å². The highest BCUT2D eigenvalue weighted by Crippen LogP contribution is 2.24. The van der Waals surface area contributed by atoms with Gasteiger partial charge in [0.1, 0.15) is 12.5 Å². The van der Waals surface area contributed by atoms with Crippen LogP contribution in [0.15, 0.2) is 42.6 Å². The molecule has 106 valence electrons. The van der Waals surface area contributed by atoms with E-state index in [1.807, 2.05) is 12.1 Å². The van der Waals surface area contributed by atoms with E-state index < -0.39 is 12.8 Å². The van der Waals surface area contributed by atoms with Gasteiger partial charge in [-0.3, -0.25) is 10.3 Å². The van der Waals surface area contributed by atoms with E-state index in [0.717, 1.165) is 10.9 Å². The van der Waals surface area contributed by atoms with Crippen molar-refractivity contribution in [1.82, 2.24) is 14.8 Å². The summed E-state index contributed by atoms with van der Waals surface area (Å²) in [5.41, 5.74) is 1.53. The van der Waals surface area contributed by atoms with Crippen LogP contribution in [0.4, 0.5) is 15.0 Å². The monoisotopic (exact) mass is 286 g/mol. The Balaban J connectivity index is 2.22. The molecule has 0 radical (unpaired) electrons. The van der Waals surface area contributed by atoms with Crippen molar-refractivity contribution in [2.75, 3.05) is 5.32 Å². The zero-order valence-corrected chi connectivity index (χ0v) is 10.8. The molecule has 0 spiro atoms. The number of aromatic nitrogens is 3. The van der Waals surface area contributed by atoms with Crippen LogP contribution in [0.1, 0.15) is 5.69 Å². The number of carboxylic acid groups (broad SMARTS) is 1. The molecule has 21 heavy (non-hydrogen) atoms. The van der Waals surface area contributed by atoms with Crippen LogP contribution >= 0.6 is 0 Å². The standard InChI is InChI=1S/C14H11FN4O2/c15-8-9-7-13(17-14(20)21)19(18-9)12-5-1-4-11-10(12)3-2-6-16-11/h1-7,17H,8H2,(H,20,21). The molecule has 0 unspecified atom stereocenters. The van der Waals surface area contributed by atoms with Crippen molar-refractivity contribution in [2.45, 2.75) is 6.67 Å². The van der Waals surface area contributed by atoms with Gasteiger partial charge in [-0.15, -0.1) is 0 Å². The van der Waals surface area contributed by atoms with Gasteiger partial charge >= 0.3 is 6.09 Å². The third-order valence-corrected chi connectivity index (χ3v) is 2.98. The lowest BCUT2D eigenvalue weighted by molar-refractivity contribution is 0.209. The van der Waals surface area contributed by atoms with Crippen molar-refractivity contribution in [2.24, 2.45) is 0 Å². The minimum absolute atomic E-state index is 0.152. The lowest BCUT2D eigenvalue weighted by atomic mass is 10.2. The molecule has 1 aromatic carbocycles. The number of carbonyl (C=O) groups is 1. The van der Waals surface area contributed by atoms with Gasteiger partial charge in [0.25, 0.3) is 0 Å². The highest BCUT2D eigenvalue weighted by atomic mass is 19.1. The summed E-state index contributed by atoms with van der Waals surface area (Å²) in [4.78, 5) is 15.1. The van der Waals surface area contributed by atoms with Crippen LogP contribution in [0.5, 0.6) is 0 Å². The summed E-state index contributed by atoms with van der Waals surface area (Å²) < 4.78 is 14.2. The minimum atomic E-state index is -1.24. The van der Waals surface area contributed by atoms with Crippen molar-refractivity contribution in [3.63, 3.8) is 0 Å². The summed E-state index contributed by atoms with van der Waals surface area (Å²) in [5, 5.41) is 16.0. The molecular weight excluding hydrogens is 275 g/mol. The number of hydrogen-bond donors (Lipinski definition) is 2. The highest BCUT2D eigenvalue weighted by molar-refractivity contribution is 5.89. The van der Waals surface area contributed by atoms with Crippen molar-refractivity contribution in [3.8, 4) is 5.69 Å². The average molecular weight is 286 g/mol. The number of pyridine rings is 1. The van der Waals surface area contributed by atoms with E-state index in [9.17, 15) is 9.18 Å². The Morgan fingerprint density at radius 2 is 2.19 bits per heavy atom. The van der Waals surface area contributed by atoms with Crippen LogP contribution in [0, 0.1) is 0 Å². The zero-order valence-electron chi connectivity index (χ0n) is 10.8. The number of fused-ring (bicyclic) bond motifs is 1. The molecule has 2 aromatic heterocycles. The summed E-state index contributed by atoms with van der Waals surface area (Å²) in [7, 11) is 0. The van der Waals surface area contributed by atoms with E-state index in [0.29, 0.717) is 5.69 Å². The molecule has 2 heterocycles. The summed E-state index contributed by atoms with van der Waals surface area (Å²) in [6.45, 7) is -0.773. The lowest BCUT2D eigenvalue weighted by Gasteiger charge is -2.09. The first-order chi connectivity index (χ1) is 10.2. The van der Waals surface area contributed by atoms with Crippen LogP contribution in [-0.4, -0.2) is 26.0 Å². The number of nitrogens with zero attached hydrogens (tertiary/aromatic N) is 3. The van der Waals surface area contributed by atoms with Crippen LogP contribution in [-0.2, 0) is 6.67 Å². The molecule has 7 heteroatoms. The number of rotatable bonds is 3. The average Bonchev–Trinajstić information content (AvgIpc) is 2.88. The normalized spacial score (nSPS) is 10.7.